The van der Waals surface area contributed by atoms with Crippen molar-refractivity contribution in [2.45, 2.75) is 50.6 Å². The van der Waals surface area contributed by atoms with Crippen molar-refractivity contribution in [1.29, 1.82) is 0 Å². The molecule has 0 N–H and O–H groups in total. The number of hydrogen-bond acceptors (Lipinski definition) is 4. The monoisotopic (exact) mass is 532 g/mol. The second-order valence-corrected chi connectivity index (χ2v) is 12.6. The summed E-state index contributed by atoms with van der Waals surface area (Å²) in [5, 5.41) is 3.92. The van der Waals surface area contributed by atoms with Crippen molar-refractivity contribution in [2.75, 3.05) is 13.1 Å². The molecule has 0 saturated carbocycles. The fourth-order valence-corrected chi connectivity index (χ4v) is 7.78. The van der Waals surface area contributed by atoms with Crippen molar-refractivity contribution in [3.8, 4) is 0 Å². The highest BCUT2D eigenvalue weighted by Crippen LogP contribution is 2.39. The molecule has 2 atom stereocenters. The molecule has 5 nitrogen and oxygen atoms in total. The first kappa shape index (κ1) is 25.6. The van der Waals surface area contributed by atoms with E-state index in [1.165, 1.54) is 9.18 Å². The minimum absolute atomic E-state index is 0.172. The van der Waals surface area contributed by atoms with E-state index in [4.69, 9.17) is 0 Å². The van der Waals surface area contributed by atoms with Crippen molar-refractivity contribution < 1.29 is 13.2 Å². The van der Waals surface area contributed by atoms with E-state index >= 15 is 0 Å². The standard InChI is InChI=1S/C30H32N2O3S2/c1-4-22(3)32(37(34,35)25-14-13-23-10-6-7-11-24(23)19-25)20-29(33)31-17-15-28-27(16-18-36-28)30(31)26-12-8-5-9-21(26)2/h5-14,16,18-19,22,30H,4,15,17,20H2,1-3H3. The maximum Gasteiger partial charge on any atom is 0.243 e. The number of sulfonamides is 1. The molecule has 2 heterocycles. The lowest BCUT2D eigenvalue weighted by Gasteiger charge is -2.38. The van der Waals surface area contributed by atoms with Crippen molar-refractivity contribution in [2.24, 2.45) is 0 Å². The topological polar surface area (TPSA) is 57.7 Å². The van der Waals surface area contributed by atoms with Crippen LogP contribution in [-0.4, -0.2) is 42.7 Å². The Morgan fingerprint density at radius 2 is 1.76 bits per heavy atom. The number of hydrogen-bond donors (Lipinski definition) is 0. The van der Waals surface area contributed by atoms with Crippen LogP contribution in [0.15, 0.2) is 83.1 Å². The van der Waals surface area contributed by atoms with Crippen LogP contribution in [0.4, 0.5) is 0 Å². The molecule has 0 aliphatic carbocycles. The highest BCUT2D eigenvalue weighted by atomic mass is 32.2. The Balaban J connectivity index is 1.50. The SMILES string of the molecule is CCC(C)N(CC(=O)N1CCc2sccc2C1c1ccccc1C)S(=O)(=O)c1ccc2ccccc2c1. The zero-order valence-electron chi connectivity index (χ0n) is 21.4. The van der Waals surface area contributed by atoms with E-state index in [9.17, 15) is 13.2 Å². The van der Waals surface area contributed by atoms with Crippen molar-refractivity contribution in [3.05, 3.63) is 99.7 Å². The van der Waals surface area contributed by atoms with Gasteiger partial charge in [0.05, 0.1) is 17.5 Å². The Morgan fingerprint density at radius 3 is 2.51 bits per heavy atom. The van der Waals surface area contributed by atoms with Gasteiger partial charge in [-0.25, -0.2) is 8.42 Å². The average molecular weight is 533 g/mol. The van der Waals surface area contributed by atoms with Gasteiger partial charge >= 0.3 is 0 Å². The smallest absolute Gasteiger partial charge is 0.243 e. The number of nitrogens with zero attached hydrogens (tertiary/aromatic N) is 2. The highest BCUT2D eigenvalue weighted by molar-refractivity contribution is 7.89. The first-order valence-corrected chi connectivity index (χ1v) is 15.0. The summed E-state index contributed by atoms with van der Waals surface area (Å²) in [6.45, 7) is 6.26. The Labute approximate surface area is 223 Å². The van der Waals surface area contributed by atoms with Crippen LogP contribution in [0.5, 0.6) is 0 Å². The predicted molar refractivity (Wildman–Crippen MR) is 150 cm³/mol. The van der Waals surface area contributed by atoms with Gasteiger partial charge in [-0.3, -0.25) is 4.79 Å². The van der Waals surface area contributed by atoms with E-state index in [2.05, 4.69) is 30.5 Å². The lowest BCUT2D eigenvalue weighted by Crippen LogP contribution is -2.49. The van der Waals surface area contributed by atoms with E-state index in [0.717, 1.165) is 33.9 Å². The Hall–Kier alpha value is -3.00. The summed E-state index contributed by atoms with van der Waals surface area (Å²) in [7, 11) is -3.89. The fourth-order valence-electron chi connectivity index (χ4n) is 5.18. The summed E-state index contributed by atoms with van der Waals surface area (Å²) in [6.07, 6.45) is 1.39. The molecule has 0 bridgehead atoms. The number of fused-ring (bicyclic) bond motifs is 2. The number of carbonyl (C=O) groups excluding carboxylic acids is 1. The van der Waals surface area contributed by atoms with E-state index < -0.39 is 10.0 Å². The summed E-state index contributed by atoms with van der Waals surface area (Å²) < 4.78 is 29.2. The summed E-state index contributed by atoms with van der Waals surface area (Å²) >= 11 is 1.72. The third kappa shape index (κ3) is 4.83. The van der Waals surface area contributed by atoms with Crippen molar-refractivity contribution in [1.82, 2.24) is 9.21 Å². The second kappa shape index (κ2) is 10.4. The van der Waals surface area contributed by atoms with Crippen LogP contribution in [0.2, 0.25) is 0 Å². The fraction of sp³-hybridized carbons (Fsp3) is 0.300. The molecule has 2 unspecified atom stereocenters. The molecule has 0 radical (unpaired) electrons. The van der Waals surface area contributed by atoms with Gasteiger partial charge in [-0.15, -0.1) is 11.3 Å². The second-order valence-electron chi connectivity index (χ2n) is 9.71. The van der Waals surface area contributed by atoms with E-state index in [1.807, 2.05) is 61.2 Å². The average Bonchev–Trinajstić information content (AvgIpc) is 3.40. The van der Waals surface area contributed by atoms with Crippen molar-refractivity contribution in [3.63, 3.8) is 0 Å². The molecule has 1 aliphatic rings. The number of carbonyl (C=O) groups is 1. The van der Waals surface area contributed by atoms with Crippen LogP contribution in [0.25, 0.3) is 10.8 Å². The van der Waals surface area contributed by atoms with Gasteiger partial charge < -0.3 is 4.90 Å². The number of aryl methyl sites for hydroxylation is 1. The van der Waals surface area contributed by atoms with Crippen molar-refractivity contribution >= 4 is 38.0 Å². The minimum atomic E-state index is -3.89. The Bertz CT molecular complexity index is 1540. The maximum absolute atomic E-state index is 14.0. The van der Waals surface area contributed by atoms with Gasteiger partial charge in [-0.05, 0) is 77.7 Å². The van der Waals surface area contributed by atoms with Crippen LogP contribution in [-0.2, 0) is 21.2 Å². The van der Waals surface area contributed by atoms with Gasteiger partial charge in [0.2, 0.25) is 15.9 Å². The number of rotatable bonds is 7. The molecule has 192 valence electrons. The van der Waals surface area contributed by atoms with Crippen LogP contribution in [0, 0.1) is 6.92 Å². The lowest BCUT2D eigenvalue weighted by molar-refractivity contribution is -0.133. The third-order valence-electron chi connectivity index (χ3n) is 7.47. The van der Waals surface area contributed by atoms with Gasteiger partial charge in [0, 0.05) is 17.5 Å². The first-order valence-electron chi connectivity index (χ1n) is 12.7. The van der Waals surface area contributed by atoms with Gasteiger partial charge in [0.25, 0.3) is 0 Å². The van der Waals surface area contributed by atoms with E-state index in [0.29, 0.717) is 13.0 Å². The van der Waals surface area contributed by atoms with Gasteiger partial charge in [-0.2, -0.15) is 4.31 Å². The quantitative estimate of drug-likeness (QED) is 0.286. The number of amides is 1. The Kier molecular flexibility index (Phi) is 7.21. The molecule has 5 rings (SSSR count). The highest BCUT2D eigenvalue weighted by Gasteiger charge is 2.37. The van der Waals surface area contributed by atoms with Gasteiger partial charge in [0.1, 0.15) is 0 Å². The molecule has 7 heteroatoms. The van der Waals surface area contributed by atoms with Crippen LogP contribution in [0.1, 0.15) is 47.9 Å². The zero-order chi connectivity index (χ0) is 26.2. The molecule has 37 heavy (non-hydrogen) atoms. The van der Waals surface area contributed by atoms with E-state index in [1.54, 1.807) is 23.5 Å². The first-order chi connectivity index (χ1) is 17.8. The van der Waals surface area contributed by atoms with Crippen LogP contribution >= 0.6 is 11.3 Å². The summed E-state index contributed by atoms with van der Waals surface area (Å²) in [6, 6.07) is 22.6. The largest absolute Gasteiger partial charge is 0.330 e. The molecule has 3 aromatic carbocycles. The maximum atomic E-state index is 14.0. The minimum Gasteiger partial charge on any atom is -0.330 e. The molecule has 4 aromatic rings. The molecular formula is C30H32N2O3S2. The van der Waals surface area contributed by atoms with Crippen LogP contribution in [0.3, 0.4) is 0 Å². The molecule has 1 aliphatic heterocycles. The zero-order valence-corrected chi connectivity index (χ0v) is 23.1. The molecular weight excluding hydrogens is 500 g/mol. The summed E-state index contributed by atoms with van der Waals surface area (Å²) in [5.41, 5.74) is 3.35. The van der Waals surface area contributed by atoms with Gasteiger partial charge in [-0.1, -0.05) is 61.5 Å². The van der Waals surface area contributed by atoms with Crippen LogP contribution < -0.4 is 0 Å². The molecule has 0 spiro atoms. The van der Waals surface area contributed by atoms with E-state index in [-0.39, 0.29) is 29.4 Å². The molecule has 0 fully saturated rings. The predicted octanol–water partition coefficient (Wildman–Crippen LogP) is 6.17. The molecule has 1 amide bonds. The molecule has 1 aromatic heterocycles. The third-order valence-corrected chi connectivity index (χ3v) is 10.4. The number of benzene rings is 3. The lowest BCUT2D eigenvalue weighted by atomic mass is 9.90. The molecule has 0 saturated heterocycles. The summed E-state index contributed by atoms with van der Waals surface area (Å²) in [4.78, 5) is 17.4. The van der Waals surface area contributed by atoms with Gasteiger partial charge in [0.15, 0.2) is 0 Å². The Morgan fingerprint density at radius 1 is 1.03 bits per heavy atom. The summed E-state index contributed by atoms with van der Waals surface area (Å²) in [5.74, 6) is -0.172. The number of thiophene rings is 1. The normalized spacial score (nSPS) is 16.6.